The third-order valence-corrected chi connectivity index (χ3v) is 14.5. The fourth-order valence-corrected chi connectivity index (χ4v) is 9.69. The third-order valence-electron chi connectivity index (χ3n) is 14.5. The van der Waals surface area contributed by atoms with Gasteiger partial charge in [-0.25, -0.2) is 0 Å². The van der Waals surface area contributed by atoms with E-state index in [9.17, 15) is 40.5 Å². The smallest absolute Gasteiger partial charge is 0.306 e. The molecular weight excluding hydrogens is 921 g/mol. The molecule has 14 nitrogen and oxygen atoms in total. The van der Waals surface area contributed by atoms with Crippen LogP contribution in [0.4, 0.5) is 0 Å². The van der Waals surface area contributed by atoms with Gasteiger partial charge in [0.05, 0.1) is 26.4 Å². The predicted molar refractivity (Wildman–Crippen MR) is 284 cm³/mol. The van der Waals surface area contributed by atoms with E-state index < -0.39 is 80.7 Å². The van der Waals surface area contributed by atoms with Crippen molar-refractivity contribution in [1.29, 1.82) is 0 Å². The van der Waals surface area contributed by atoms with Crippen LogP contribution >= 0.6 is 0 Å². The molecule has 7 N–H and O–H groups in total. The molecule has 2 aliphatic rings. The summed E-state index contributed by atoms with van der Waals surface area (Å²) >= 11 is 0. The zero-order valence-electron chi connectivity index (χ0n) is 45.7. The standard InChI is InChI=1S/C58H110O14/c1-3-5-7-9-11-13-15-17-18-19-20-21-22-23-24-25-26-27-28-29-30-32-34-36-38-40-42-67-44-47(70-50(60)41-39-37-35-33-31-16-14-12-10-8-6-4-2)45-68-57-56(66)54(64)52(62)49(72-57)46-69-58-55(65)53(63)51(61)48(43-59)71-58/h12,14,47-49,51-59,61-66H,3-11,13,15-46H2,1-2H3/b14-12-. The highest BCUT2D eigenvalue weighted by Crippen LogP contribution is 2.27. The summed E-state index contributed by atoms with van der Waals surface area (Å²) in [4.78, 5) is 13.0. The Kier molecular flexibility index (Phi) is 42.6. The van der Waals surface area contributed by atoms with Gasteiger partial charge in [-0.05, 0) is 38.5 Å². The topological polar surface area (TPSA) is 214 Å². The molecular formula is C58H110O14. The van der Waals surface area contributed by atoms with Crippen molar-refractivity contribution >= 4 is 5.97 Å². The zero-order chi connectivity index (χ0) is 52.3. The van der Waals surface area contributed by atoms with E-state index in [4.69, 9.17) is 28.4 Å². The first kappa shape index (κ1) is 66.8. The highest BCUT2D eigenvalue weighted by Gasteiger charge is 2.47. The van der Waals surface area contributed by atoms with E-state index in [1.54, 1.807) is 0 Å². The summed E-state index contributed by atoms with van der Waals surface area (Å²) < 4.78 is 34.4. The van der Waals surface area contributed by atoms with Gasteiger partial charge in [0.1, 0.15) is 54.9 Å². The van der Waals surface area contributed by atoms with Crippen LogP contribution in [0.3, 0.4) is 0 Å². The molecule has 72 heavy (non-hydrogen) atoms. The summed E-state index contributed by atoms with van der Waals surface area (Å²) in [5.74, 6) is -0.381. The summed E-state index contributed by atoms with van der Waals surface area (Å²) in [5.41, 5.74) is 0. The monoisotopic (exact) mass is 1030 g/mol. The van der Waals surface area contributed by atoms with E-state index >= 15 is 0 Å². The Hall–Kier alpha value is -1.27. The van der Waals surface area contributed by atoms with Gasteiger partial charge in [-0.3, -0.25) is 4.79 Å². The minimum absolute atomic E-state index is 0.0643. The SMILES string of the molecule is CCCCC/C=C\CCCCCCCC(=O)OC(COCCCCCCCCCCCCCCCCCCCCCCCCCCCC)COC1OC(COC2OC(CO)C(O)C(O)C2O)C(O)C(O)C1O. The number of hydrogen-bond acceptors (Lipinski definition) is 14. The highest BCUT2D eigenvalue weighted by molar-refractivity contribution is 5.69. The number of esters is 1. The zero-order valence-corrected chi connectivity index (χ0v) is 45.7. The number of unbranched alkanes of at least 4 members (excludes halogenated alkanes) is 33. The number of carbonyl (C=O) groups is 1. The van der Waals surface area contributed by atoms with Crippen molar-refractivity contribution in [2.75, 3.05) is 33.0 Å². The van der Waals surface area contributed by atoms with E-state index in [0.717, 1.165) is 57.8 Å². The molecule has 0 bridgehead atoms. The average molecular weight is 1030 g/mol. The molecule has 2 heterocycles. The largest absolute Gasteiger partial charge is 0.457 e. The van der Waals surface area contributed by atoms with Crippen molar-refractivity contribution in [3.05, 3.63) is 12.2 Å². The van der Waals surface area contributed by atoms with Crippen molar-refractivity contribution in [3.63, 3.8) is 0 Å². The summed E-state index contributed by atoms with van der Waals surface area (Å²) in [7, 11) is 0. The lowest BCUT2D eigenvalue weighted by atomic mass is 9.98. The number of carbonyl (C=O) groups excluding carboxylic acids is 1. The number of hydrogen-bond donors (Lipinski definition) is 7. The van der Waals surface area contributed by atoms with Crippen molar-refractivity contribution in [3.8, 4) is 0 Å². The van der Waals surface area contributed by atoms with Crippen LogP contribution in [0.1, 0.15) is 251 Å². The van der Waals surface area contributed by atoms with Crippen LogP contribution in [0.5, 0.6) is 0 Å². The number of rotatable bonds is 49. The number of allylic oxidation sites excluding steroid dienone is 2. The third kappa shape index (κ3) is 32.3. The summed E-state index contributed by atoms with van der Waals surface area (Å²) in [6.07, 6.45) is 34.4. The molecule has 0 saturated carbocycles. The molecule has 0 aromatic carbocycles. The molecule has 2 fully saturated rings. The van der Waals surface area contributed by atoms with Gasteiger partial charge in [0.25, 0.3) is 0 Å². The van der Waals surface area contributed by atoms with Crippen LogP contribution in [-0.4, -0.2) is 142 Å². The molecule has 0 spiro atoms. The Morgan fingerprint density at radius 1 is 0.444 bits per heavy atom. The van der Waals surface area contributed by atoms with Crippen molar-refractivity contribution < 1.29 is 69.0 Å². The van der Waals surface area contributed by atoms with Crippen LogP contribution < -0.4 is 0 Å². The number of aliphatic hydroxyl groups is 7. The maximum absolute atomic E-state index is 13.0. The Labute approximate surface area is 437 Å². The van der Waals surface area contributed by atoms with Crippen LogP contribution in [0.2, 0.25) is 0 Å². The molecule has 14 heteroatoms. The molecule has 11 unspecified atom stereocenters. The Morgan fingerprint density at radius 2 is 0.819 bits per heavy atom. The first-order chi connectivity index (χ1) is 35.1. The lowest BCUT2D eigenvalue weighted by Crippen LogP contribution is -2.61. The van der Waals surface area contributed by atoms with Gasteiger partial charge in [0, 0.05) is 13.0 Å². The second kappa shape index (κ2) is 45.9. The second-order valence-electron chi connectivity index (χ2n) is 21.2. The van der Waals surface area contributed by atoms with E-state index in [2.05, 4.69) is 26.0 Å². The molecule has 0 aliphatic carbocycles. The van der Waals surface area contributed by atoms with Gasteiger partial charge in [-0.2, -0.15) is 0 Å². The number of aliphatic hydroxyl groups excluding tert-OH is 7. The van der Waals surface area contributed by atoms with Crippen molar-refractivity contribution in [1.82, 2.24) is 0 Å². The minimum atomic E-state index is -1.70. The van der Waals surface area contributed by atoms with Crippen LogP contribution in [0, 0.1) is 0 Å². The predicted octanol–water partition coefficient (Wildman–Crippen LogP) is 10.6. The maximum Gasteiger partial charge on any atom is 0.306 e. The van der Waals surface area contributed by atoms with Gasteiger partial charge in [-0.1, -0.05) is 219 Å². The Balaban J connectivity index is 1.64. The molecule has 426 valence electrons. The molecule has 0 radical (unpaired) electrons. The second-order valence-corrected chi connectivity index (χ2v) is 21.2. The van der Waals surface area contributed by atoms with Crippen LogP contribution in [-0.2, 0) is 33.2 Å². The maximum atomic E-state index is 13.0. The summed E-state index contributed by atoms with van der Waals surface area (Å²) in [6, 6.07) is 0. The van der Waals surface area contributed by atoms with Crippen LogP contribution in [0.15, 0.2) is 12.2 Å². The molecule has 0 aromatic rings. The Morgan fingerprint density at radius 3 is 1.29 bits per heavy atom. The quantitative estimate of drug-likeness (QED) is 0.0172. The number of ether oxygens (including phenoxy) is 6. The molecule has 0 aromatic heterocycles. The van der Waals surface area contributed by atoms with Crippen molar-refractivity contribution in [2.24, 2.45) is 0 Å². The van der Waals surface area contributed by atoms with Gasteiger partial charge >= 0.3 is 5.97 Å². The molecule has 2 saturated heterocycles. The van der Waals surface area contributed by atoms with Crippen molar-refractivity contribution in [2.45, 2.75) is 319 Å². The summed E-state index contributed by atoms with van der Waals surface area (Å²) in [6.45, 7) is 3.70. The van der Waals surface area contributed by atoms with E-state index in [1.165, 1.54) is 167 Å². The average Bonchev–Trinajstić information content (AvgIpc) is 3.38. The molecule has 2 aliphatic heterocycles. The molecule has 0 amide bonds. The molecule has 2 rings (SSSR count). The highest BCUT2D eigenvalue weighted by atomic mass is 16.7. The lowest BCUT2D eigenvalue weighted by Gasteiger charge is -2.42. The van der Waals surface area contributed by atoms with E-state index in [1.807, 2.05) is 0 Å². The van der Waals surface area contributed by atoms with Gasteiger partial charge in [0.2, 0.25) is 0 Å². The van der Waals surface area contributed by atoms with Gasteiger partial charge in [0.15, 0.2) is 12.6 Å². The lowest BCUT2D eigenvalue weighted by molar-refractivity contribution is -0.332. The first-order valence-corrected chi connectivity index (χ1v) is 29.8. The fraction of sp³-hybridized carbons (Fsp3) is 0.948. The normalized spacial score (nSPS) is 25.1. The minimum Gasteiger partial charge on any atom is -0.457 e. The Bertz CT molecular complexity index is 1240. The van der Waals surface area contributed by atoms with Crippen LogP contribution in [0.25, 0.3) is 0 Å². The van der Waals surface area contributed by atoms with E-state index in [0.29, 0.717) is 13.0 Å². The first-order valence-electron chi connectivity index (χ1n) is 29.8. The fourth-order valence-electron chi connectivity index (χ4n) is 9.69. The van der Waals surface area contributed by atoms with E-state index in [-0.39, 0.29) is 25.6 Å². The van der Waals surface area contributed by atoms with Gasteiger partial charge in [-0.15, -0.1) is 0 Å². The summed E-state index contributed by atoms with van der Waals surface area (Å²) in [5, 5.41) is 72.2. The molecule has 11 atom stereocenters. The van der Waals surface area contributed by atoms with Gasteiger partial charge < -0.3 is 64.2 Å².